The molecule has 2 saturated heterocycles. The molecule has 150 valence electrons. The number of amides is 3. The number of rotatable bonds is 5. The fourth-order valence-electron chi connectivity index (χ4n) is 4.35. The maximum absolute atomic E-state index is 13.1. The summed E-state index contributed by atoms with van der Waals surface area (Å²) in [6.45, 7) is 4.92. The van der Waals surface area contributed by atoms with Gasteiger partial charge >= 0.3 is 0 Å². The van der Waals surface area contributed by atoms with Crippen molar-refractivity contribution in [3.8, 4) is 0 Å². The zero-order valence-corrected chi connectivity index (χ0v) is 16.2. The van der Waals surface area contributed by atoms with Gasteiger partial charge in [0.15, 0.2) is 0 Å². The van der Waals surface area contributed by atoms with Gasteiger partial charge in [0, 0.05) is 57.3 Å². The Hall–Kier alpha value is -2.29. The van der Waals surface area contributed by atoms with Crippen LogP contribution in [0.2, 0.25) is 0 Å². The monoisotopic (exact) mass is 385 g/mol. The van der Waals surface area contributed by atoms with Crippen LogP contribution in [0.4, 0.5) is 0 Å². The molecule has 3 aliphatic rings. The third kappa shape index (κ3) is 3.80. The number of hydrogen-bond donors (Lipinski definition) is 3. The molecular weight excluding hydrogens is 358 g/mol. The van der Waals surface area contributed by atoms with Gasteiger partial charge in [0.1, 0.15) is 6.04 Å². The second-order valence-electron chi connectivity index (χ2n) is 7.90. The van der Waals surface area contributed by atoms with Crippen LogP contribution in [0.25, 0.3) is 0 Å². The van der Waals surface area contributed by atoms with Gasteiger partial charge in [-0.2, -0.15) is 0 Å². The van der Waals surface area contributed by atoms with Crippen molar-refractivity contribution in [2.75, 3.05) is 33.2 Å². The fourth-order valence-corrected chi connectivity index (χ4v) is 4.35. The lowest BCUT2D eigenvalue weighted by Crippen LogP contribution is -2.53. The van der Waals surface area contributed by atoms with E-state index in [2.05, 4.69) is 27.9 Å². The summed E-state index contributed by atoms with van der Waals surface area (Å²) in [6, 6.07) is 5.70. The molecule has 2 unspecified atom stereocenters. The van der Waals surface area contributed by atoms with E-state index in [1.807, 2.05) is 18.2 Å². The van der Waals surface area contributed by atoms with Crippen LogP contribution in [0.3, 0.4) is 0 Å². The highest BCUT2D eigenvalue weighted by atomic mass is 16.2. The van der Waals surface area contributed by atoms with Gasteiger partial charge in [-0.1, -0.05) is 18.2 Å². The standard InChI is InChI=1S/C20H27N5O3/c1-24-8-7-22-15(12-24)10-21-9-13-3-2-4-14-11-25(20(28)18(13)14)16-5-6-17(26)23-19(16)27/h2-4,15-16,21-22H,5-12H2,1H3,(H,23,26,27). The van der Waals surface area contributed by atoms with Crippen molar-refractivity contribution in [2.45, 2.75) is 38.0 Å². The van der Waals surface area contributed by atoms with Crippen molar-refractivity contribution >= 4 is 17.7 Å². The first kappa shape index (κ1) is 19.0. The van der Waals surface area contributed by atoms with Crippen LogP contribution in [0.15, 0.2) is 18.2 Å². The quantitative estimate of drug-likeness (QED) is 0.589. The molecule has 28 heavy (non-hydrogen) atoms. The molecular formula is C20H27N5O3. The van der Waals surface area contributed by atoms with E-state index in [-0.39, 0.29) is 24.1 Å². The van der Waals surface area contributed by atoms with E-state index in [0.717, 1.165) is 37.3 Å². The summed E-state index contributed by atoms with van der Waals surface area (Å²) in [6.07, 6.45) is 0.659. The number of piperazine rings is 1. The average molecular weight is 385 g/mol. The van der Waals surface area contributed by atoms with Gasteiger partial charge in [-0.25, -0.2) is 0 Å². The summed E-state index contributed by atoms with van der Waals surface area (Å²) in [7, 11) is 2.13. The van der Waals surface area contributed by atoms with Crippen molar-refractivity contribution in [3.05, 3.63) is 34.9 Å². The highest BCUT2D eigenvalue weighted by Crippen LogP contribution is 2.29. The second kappa shape index (κ2) is 7.98. The van der Waals surface area contributed by atoms with Gasteiger partial charge < -0.3 is 20.4 Å². The Balaban J connectivity index is 1.42. The third-order valence-corrected chi connectivity index (χ3v) is 5.80. The Morgan fingerprint density at radius 1 is 1.25 bits per heavy atom. The van der Waals surface area contributed by atoms with Crippen LogP contribution in [0, 0.1) is 0 Å². The number of piperidine rings is 1. The van der Waals surface area contributed by atoms with Gasteiger partial charge in [0.05, 0.1) is 0 Å². The van der Waals surface area contributed by atoms with Crippen LogP contribution >= 0.6 is 0 Å². The van der Waals surface area contributed by atoms with E-state index in [1.165, 1.54) is 0 Å². The number of imide groups is 1. The summed E-state index contributed by atoms with van der Waals surface area (Å²) >= 11 is 0. The highest BCUT2D eigenvalue weighted by molar-refractivity contribution is 6.05. The topological polar surface area (TPSA) is 93.8 Å². The minimum absolute atomic E-state index is 0.113. The average Bonchev–Trinajstić information content (AvgIpc) is 2.99. The van der Waals surface area contributed by atoms with Crippen LogP contribution < -0.4 is 16.0 Å². The first-order chi connectivity index (χ1) is 13.5. The molecule has 0 bridgehead atoms. The maximum Gasteiger partial charge on any atom is 0.255 e. The van der Waals surface area contributed by atoms with Crippen LogP contribution in [-0.4, -0.2) is 72.8 Å². The Kier molecular flexibility index (Phi) is 5.43. The molecule has 0 aliphatic carbocycles. The summed E-state index contributed by atoms with van der Waals surface area (Å²) in [5.74, 6) is -0.751. The Bertz CT molecular complexity index is 796. The Labute approximate surface area is 164 Å². The first-order valence-electron chi connectivity index (χ1n) is 9.91. The highest BCUT2D eigenvalue weighted by Gasteiger charge is 2.39. The van der Waals surface area contributed by atoms with Gasteiger partial charge in [-0.15, -0.1) is 0 Å². The molecule has 0 aromatic heterocycles. The summed E-state index contributed by atoms with van der Waals surface area (Å²) in [4.78, 5) is 40.6. The molecule has 0 saturated carbocycles. The minimum Gasteiger partial charge on any atom is -0.322 e. The molecule has 8 heteroatoms. The van der Waals surface area contributed by atoms with Gasteiger partial charge in [0.2, 0.25) is 11.8 Å². The molecule has 4 rings (SSSR count). The number of fused-ring (bicyclic) bond motifs is 1. The molecule has 1 aromatic carbocycles. The predicted octanol–water partition coefficient (Wildman–Crippen LogP) is -0.559. The molecule has 2 fully saturated rings. The molecule has 8 nitrogen and oxygen atoms in total. The fraction of sp³-hybridized carbons (Fsp3) is 0.550. The van der Waals surface area contributed by atoms with E-state index in [4.69, 9.17) is 0 Å². The second-order valence-corrected chi connectivity index (χ2v) is 7.90. The minimum atomic E-state index is -0.569. The summed E-state index contributed by atoms with van der Waals surface area (Å²) in [5, 5.41) is 9.32. The number of nitrogens with one attached hydrogen (secondary N) is 3. The predicted molar refractivity (Wildman–Crippen MR) is 103 cm³/mol. The first-order valence-corrected chi connectivity index (χ1v) is 9.91. The van der Waals surface area contributed by atoms with Gasteiger partial charge in [0.25, 0.3) is 5.91 Å². The molecule has 0 radical (unpaired) electrons. The summed E-state index contributed by atoms with van der Waals surface area (Å²) < 4.78 is 0. The normalized spacial score (nSPS) is 25.8. The zero-order chi connectivity index (χ0) is 19.7. The number of carbonyl (C=O) groups excluding carboxylic acids is 3. The van der Waals surface area contributed by atoms with Gasteiger partial charge in [-0.3, -0.25) is 19.7 Å². The van der Waals surface area contributed by atoms with Crippen molar-refractivity contribution in [1.29, 1.82) is 0 Å². The molecule has 3 amide bonds. The van der Waals surface area contributed by atoms with Crippen molar-refractivity contribution in [2.24, 2.45) is 0 Å². The van der Waals surface area contributed by atoms with E-state index in [1.54, 1.807) is 4.90 Å². The SMILES string of the molecule is CN1CCNC(CNCc2cccc3c2C(=O)N(C2CCC(=O)NC2=O)C3)C1. The molecule has 2 atom stereocenters. The largest absolute Gasteiger partial charge is 0.322 e. The van der Waals surface area contributed by atoms with Crippen molar-refractivity contribution < 1.29 is 14.4 Å². The number of likely N-dealkylation sites (N-methyl/N-ethyl adjacent to an activating group) is 1. The van der Waals surface area contributed by atoms with E-state index in [0.29, 0.717) is 31.1 Å². The molecule has 1 aromatic rings. The Morgan fingerprint density at radius 2 is 2.11 bits per heavy atom. The van der Waals surface area contributed by atoms with Gasteiger partial charge in [-0.05, 0) is 24.6 Å². The van der Waals surface area contributed by atoms with Crippen LogP contribution in [0.5, 0.6) is 0 Å². The zero-order valence-electron chi connectivity index (χ0n) is 16.2. The maximum atomic E-state index is 13.1. The van der Waals surface area contributed by atoms with Crippen molar-refractivity contribution in [1.82, 2.24) is 25.8 Å². The lowest BCUT2D eigenvalue weighted by Gasteiger charge is -2.31. The molecule has 3 heterocycles. The Morgan fingerprint density at radius 3 is 2.89 bits per heavy atom. The number of benzene rings is 1. The van der Waals surface area contributed by atoms with E-state index in [9.17, 15) is 14.4 Å². The lowest BCUT2D eigenvalue weighted by atomic mass is 10.0. The van der Waals surface area contributed by atoms with Crippen molar-refractivity contribution in [3.63, 3.8) is 0 Å². The smallest absolute Gasteiger partial charge is 0.255 e. The van der Waals surface area contributed by atoms with E-state index >= 15 is 0 Å². The molecule has 3 aliphatic heterocycles. The molecule has 3 N–H and O–H groups in total. The lowest BCUT2D eigenvalue weighted by molar-refractivity contribution is -0.136. The number of hydrogen-bond acceptors (Lipinski definition) is 6. The third-order valence-electron chi connectivity index (χ3n) is 5.80. The number of carbonyl (C=O) groups is 3. The summed E-state index contributed by atoms with van der Waals surface area (Å²) in [5.41, 5.74) is 2.61. The number of nitrogens with zero attached hydrogens (tertiary/aromatic N) is 2. The molecule has 0 spiro atoms. The van der Waals surface area contributed by atoms with Crippen LogP contribution in [0.1, 0.15) is 34.3 Å². The van der Waals surface area contributed by atoms with Crippen LogP contribution in [-0.2, 0) is 22.7 Å². The van der Waals surface area contributed by atoms with E-state index < -0.39 is 6.04 Å².